The van der Waals surface area contributed by atoms with Crippen LogP contribution in [0.1, 0.15) is 63.9 Å². The molecule has 222 valence electrons. The lowest BCUT2D eigenvalue weighted by molar-refractivity contribution is 0.476. The molecule has 6 rings (SSSR count). The highest BCUT2D eigenvalue weighted by molar-refractivity contribution is 5.85. The zero-order valence-corrected chi connectivity index (χ0v) is 27.0. The first-order chi connectivity index (χ1) is 20.8. The number of pyridine rings is 2. The van der Waals surface area contributed by atoms with Crippen LogP contribution in [0.25, 0.3) is 50.4 Å². The molecule has 0 radical (unpaired) electrons. The predicted octanol–water partition coefficient (Wildman–Crippen LogP) is 10.3. The van der Waals surface area contributed by atoms with E-state index in [9.17, 15) is 5.11 Å². The number of rotatable bonds is 4. The van der Waals surface area contributed by atoms with Crippen LogP contribution in [0, 0.1) is 13.8 Å². The molecule has 4 heteroatoms. The maximum Gasteiger partial charge on any atom is 0.145 e. The third-order valence-electron chi connectivity index (χ3n) is 8.60. The fourth-order valence-corrected chi connectivity index (χ4v) is 5.83. The van der Waals surface area contributed by atoms with Gasteiger partial charge in [0, 0.05) is 34.8 Å². The summed E-state index contributed by atoms with van der Waals surface area (Å²) in [6, 6.07) is 29.6. The largest absolute Gasteiger partial charge is 0.507 e. The first kappa shape index (κ1) is 29.4. The highest BCUT2D eigenvalue weighted by Gasteiger charge is 2.22. The molecule has 3 aromatic heterocycles. The lowest BCUT2D eigenvalue weighted by Crippen LogP contribution is -2.11. The van der Waals surface area contributed by atoms with Gasteiger partial charge in [0.05, 0.1) is 11.4 Å². The zero-order chi connectivity index (χ0) is 31.4. The minimum atomic E-state index is -0.0710. The van der Waals surface area contributed by atoms with E-state index in [4.69, 9.17) is 9.97 Å². The molecule has 0 amide bonds. The fourth-order valence-electron chi connectivity index (χ4n) is 5.83. The predicted molar refractivity (Wildman–Crippen MR) is 183 cm³/mol. The number of phenolic OH excluding ortho intramolecular Hbond substituents is 1. The Labute approximate surface area is 261 Å². The number of benzene rings is 3. The topological polar surface area (TPSA) is 50.4 Å². The highest BCUT2D eigenvalue weighted by Crippen LogP contribution is 2.39. The molecule has 44 heavy (non-hydrogen) atoms. The van der Waals surface area contributed by atoms with Gasteiger partial charge in [0.15, 0.2) is 0 Å². The Kier molecular flexibility index (Phi) is 7.20. The Balaban J connectivity index is 1.55. The number of aromatic nitrogens is 3. The van der Waals surface area contributed by atoms with E-state index in [2.05, 4.69) is 133 Å². The van der Waals surface area contributed by atoms with Crippen molar-refractivity contribution in [1.82, 2.24) is 14.4 Å². The van der Waals surface area contributed by atoms with Gasteiger partial charge < -0.3 is 9.51 Å². The van der Waals surface area contributed by atoms with Crippen molar-refractivity contribution in [2.75, 3.05) is 0 Å². The molecule has 3 aromatic carbocycles. The third-order valence-corrected chi connectivity index (χ3v) is 8.60. The second-order valence-electron chi connectivity index (χ2n) is 13.9. The average molecular weight is 580 g/mol. The number of aryl methyl sites for hydroxylation is 2. The monoisotopic (exact) mass is 579 g/mol. The van der Waals surface area contributed by atoms with Crippen molar-refractivity contribution in [3.63, 3.8) is 0 Å². The van der Waals surface area contributed by atoms with Crippen LogP contribution >= 0.6 is 0 Å². The van der Waals surface area contributed by atoms with Crippen molar-refractivity contribution < 1.29 is 5.11 Å². The molecule has 0 bridgehead atoms. The number of hydrogen-bond acceptors (Lipinski definition) is 3. The van der Waals surface area contributed by atoms with Crippen LogP contribution in [0.15, 0.2) is 97.3 Å². The van der Waals surface area contributed by atoms with Crippen LogP contribution in [-0.4, -0.2) is 19.5 Å². The molecule has 3 heterocycles. The SMILES string of the molecule is Cc1cnc(-c2cc(-c3cccn4c(C)c(-c5cc(C(C)(C)C)ccc5O)nc34)cc(C(C)(C)C)c2)cc1-c1ccccc1. The Hall–Kier alpha value is -4.70. The number of nitrogens with zero attached hydrogens (tertiary/aromatic N) is 3. The van der Waals surface area contributed by atoms with Crippen LogP contribution in [0.3, 0.4) is 0 Å². The van der Waals surface area contributed by atoms with Crippen LogP contribution in [0.2, 0.25) is 0 Å². The lowest BCUT2D eigenvalue weighted by Gasteiger charge is -2.22. The van der Waals surface area contributed by atoms with Crippen molar-refractivity contribution in [1.29, 1.82) is 0 Å². The van der Waals surface area contributed by atoms with Gasteiger partial charge in [-0.3, -0.25) is 4.98 Å². The van der Waals surface area contributed by atoms with E-state index in [1.54, 1.807) is 6.07 Å². The standard InChI is InChI=1S/C40H41N3O/c1-25-24-41-35(23-33(25)27-13-10-9-11-14-27)29-19-28(20-31(21-29)40(6,7)8)32-15-12-18-43-26(2)37(42-38(32)43)34-22-30(39(3,4)5)16-17-36(34)44/h9-24,44H,1-8H3. The maximum absolute atomic E-state index is 10.9. The second-order valence-corrected chi connectivity index (χ2v) is 13.9. The molecule has 0 saturated heterocycles. The van der Waals surface area contributed by atoms with Gasteiger partial charge in [-0.15, -0.1) is 0 Å². The fraction of sp³-hybridized carbons (Fsp3) is 0.250. The quantitative estimate of drug-likeness (QED) is 0.226. The van der Waals surface area contributed by atoms with Gasteiger partial charge in [0.1, 0.15) is 11.4 Å². The summed E-state index contributed by atoms with van der Waals surface area (Å²) in [7, 11) is 0. The van der Waals surface area contributed by atoms with E-state index in [0.29, 0.717) is 0 Å². The normalized spacial score (nSPS) is 12.2. The molecule has 1 N–H and O–H groups in total. The van der Waals surface area contributed by atoms with Crippen LogP contribution < -0.4 is 0 Å². The lowest BCUT2D eigenvalue weighted by atomic mass is 9.83. The summed E-state index contributed by atoms with van der Waals surface area (Å²) in [5.74, 6) is 0.239. The van der Waals surface area contributed by atoms with Gasteiger partial charge in [0.25, 0.3) is 0 Å². The van der Waals surface area contributed by atoms with Gasteiger partial charge in [-0.2, -0.15) is 0 Å². The molecule has 4 nitrogen and oxygen atoms in total. The van der Waals surface area contributed by atoms with E-state index < -0.39 is 0 Å². The highest BCUT2D eigenvalue weighted by atomic mass is 16.3. The molecule has 6 aromatic rings. The van der Waals surface area contributed by atoms with Crippen molar-refractivity contribution in [3.05, 3.63) is 120 Å². The summed E-state index contributed by atoms with van der Waals surface area (Å²) >= 11 is 0. The molecular weight excluding hydrogens is 538 g/mol. The zero-order valence-electron chi connectivity index (χ0n) is 27.0. The Morgan fingerprint density at radius 1 is 0.636 bits per heavy atom. The van der Waals surface area contributed by atoms with Crippen LogP contribution in [0.4, 0.5) is 0 Å². The minimum Gasteiger partial charge on any atom is -0.507 e. The Morgan fingerprint density at radius 2 is 1.34 bits per heavy atom. The van der Waals surface area contributed by atoms with Crippen molar-refractivity contribution in [2.24, 2.45) is 0 Å². The average Bonchev–Trinajstić information content (AvgIpc) is 3.33. The molecule has 0 aliphatic rings. The number of phenols is 1. The van der Waals surface area contributed by atoms with Crippen LogP contribution in [-0.2, 0) is 10.8 Å². The summed E-state index contributed by atoms with van der Waals surface area (Å²) in [6.07, 6.45) is 4.03. The van der Waals surface area contributed by atoms with Gasteiger partial charge >= 0.3 is 0 Å². The summed E-state index contributed by atoms with van der Waals surface area (Å²) in [5, 5.41) is 10.9. The third kappa shape index (κ3) is 5.41. The van der Waals surface area contributed by atoms with E-state index >= 15 is 0 Å². The first-order valence-corrected chi connectivity index (χ1v) is 15.3. The van der Waals surface area contributed by atoms with E-state index in [1.807, 2.05) is 18.3 Å². The number of aromatic hydroxyl groups is 1. The number of imidazole rings is 1. The number of hydrogen-bond donors (Lipinski definition) is 1. The second kappa shape index (κ2) is 10.8. The summed E-state index contributed by atoms with van der Waals surface area (Å²) < 4.78 is 2.13. The smallest absolute Gasteiger partial charge is 0.145 e. The minimum absolute atomic E-state index is 0.0468. The van der Waals surface area contributed by atoms with Crippen molar-refractivity contribution >= 4 is 5.65 Å². The Bertz CT molecular complexity index is 2000. The van der Waals surface area contributed by atoms with Crippen molar-refractivity contribution in [3.8, 4) is 50.5 Å². The molecule has 0 saturated carbocycles. The first-order valence-electron chi connectivity index (χ1n) is 15.3. The summed E-state index contributed by atoms with van der Waals surface area (Å²) in [5.41, 5.74) is 13.3. The van der Waals surface area contributed by atoms with E-state index in [1.165, 1.54) is 16.7 Å². The van der Waals surface area contributed by atoms with Gasteiger partial charge in [0.2, 0.25) is 0 Å². The van der Waals surface area contributed by atoms with E-state index in [-0.39, 0.29) is 16.6 Å². The molecule has 0 aliphatic heterocycles. The maximum atomic E-state index is 10.9. The van der Waals surface area contributed by atoms with Gasteiger partial charge in [-0.25, -0.2) is 4.98 Å². The van der Waals surface area contributed by atoms with Gasteiger partial charge in [-0.05, 0) is 101 Å². The van der Waals surface area contributed by atoms with E-state index in [0.717, 1.165) is 56.1 Å². The molecule has 0 spiro atoms. The van der Waals surface area contributed by atoms with Crippen LogP contribution in [0.5, 0.6) is 5.75 Å². The molecule has 0 atom stereocenters. The molecule has 0 aliphatic carbocycles. The summed E-state index contributed by atoms with van der Waals surface area (Å²) in [4.78, 5) is 10.1. The Morgan fingerprint density at radius 3 is 2.05 bits per heavy atom. The molecular formula is C40H41N3O. The summed E-state index contributed by atoms with van der Waals surface area (Å²) in [6.45, 7) is 17.5. The van der Waals surface area contributed by atoms with Gasteiger partial charge in [-0.1, -0.05) is 84.0 Å². The number of fused-ring (bicyclic) bond motifs is 1. The molecule has 0 fully saturated rings. The van der Waals surface area contributed by atoms with Crippen molar-refractivity contribution in [2.45, 2.75) is 66.2 Å². The molecule has 0 unspecified atom stereocenters.